The normalized spacial score (nSPS) is 15.2. The molecule has 0 unspecified atom stereocenters. The molecule has 64 valence electrons. The zero-order valence-electron chi connectivity index (χ0n) is 7.35. The number of anilines is 1. The Balaban J connectivity index is 2.53. The van der Waals surface area contributed by atoms with Gasteiger partial charge in [-0.2, -0.15) is 0 Å². The predicted octanol–water partition coefficient (Wildman–Crippen LogP) is 2.22. The molecule has 0 atom stereocenters. The third-order valence-electron chi connectivity index (χ3n) is 1.95. The summed E-state index contributed by atoms with van der Waals surface area (Å²) in [5.41, 5.74) is 3.66. The van der Waals surface area contributed by atoms with E-state index >= 15 is 0 Å². The number of nitrogens with one attached hydrogen (secondary N) is 1. The van der Waals surface area contributed by atoms with Crippen molar-refractivity contribution in [1.82, 2.24) is 4.98 Å². The number of rotatable bonds is 0. The summed E-state index contributed by atoms with van der Waals surface area (Å²) in [6.45, 7) is 5.23. The fraction of sp³-hybridized carbons (Fsp3) is 0.444. The molecule has 1 N–H and O–H groups in total. The number of thioether (sulfide) groups is 1. The lowest BCUT2D eigenvalue weighted by Crippen LogP contribution is -2.12. The summed E-state index contributed by atoms with van der Waals surface area (Å²) < 4.78 is 0. The molecule has 0 amide bonds. The summed E-state index contributed by atoms with van der Waals surface area (Å²) in [7, 11) is 0. The molecule has 0 spiro atoms. The number of hydrogen-bond acceptors (Lipinski definition) is 3. The maximum absolute atomic E-state index is 4.47. The number of aryl methyl sites for hydroxylation is 2. The van der Waals surface area contributed by atoms with Crippen LogP contribution in [0.2, 0.25) is 0 Å². The molecule has 0 bridgehead atoms. The van der Waals surface area contributed by atoms with Crippen molar-refractivity contribution in [2.75, 3.05) is 17.6 Å². The van der Waals surface area contributed by atoms with Gasteiger partial charge in [0, 0.05) is 18.0 Å². The van der Waals surface area contributed by atoms with Crippen LogP contribution in [0.1, 0.15) is 11.3 Å². The van der Waals surface area contributed by atoms with Crippen LogP contribution in [0, 0.1) is 13.8 Å². The minimum atomic E-state index is 1.06. The van der Waals surface area contributed by atoms with E-state index in [1.54, 1.807) is 0 Å². The first kappa shape index (κ1) is 7.92. The summed E-state index contributed by atoms with van der Waals surface area (Å²) in [4.78, 5) is 4.47. The van der Waals surface area contributed by atoms with E-state index in [4.69, 9.17) is 0 Å². The zero-order valence-corrected chi connectivity index (χ0v) is 8.16. The van der Waals surface area contributed by atoms with Crippen molar-refractivity contribution in [2.45, 2.75) is 18.9 Å². The number of aromatic nitrogens is 1. The van der Waals surface area contributed by atoms with Crippen LogP contribution in [0.15, 0.2) is 11.1 Å². The summed E-state index contributed by atoms with van der Waals surface area (Å²) >= 11 is 1.84. The highest BCUT2D eigenvalue weighted by Crippen LogP contribution is 2.31. The van der Waals surface area contributed by atoms with Gasteiger partial charge in [0.25, 0.3) is 0 Å². The molecule has 1 aliphatic heterocycles. The highest BCUT2D eigenvalue weighted by molar-refractivity contribution is 7.99. The van der Waals surface area contributed by atoms with Crippen LogP contribution < -0.4 is 5.32 Å². The van der Waals surface area contributed by atoms with E-state index in [-0.39, 0.29) is 0 Å². The second-order valence-corrected chi connectivity index (χ2v) is 4.12. The first-order valence-corrected chi connectivity index (χ1v) is 5.11. The molecule has 0 radical (unpaired) electrons. The number of fused-ring (bicyclic) bond motifs is 1. The Bertz CT molecular complexity index is 310. The highest BCUT2D eigenvalue weighted by atomic mass is 32.2. The average Bonchev–Trinajstić information content (AvgIpc) is 2.04. The Hall–Kier alpha value is -0.700. The van der Waals surface area contributed by atoms with Crippen LogP contribution in [0.5, 0.6) is 0 Å². The molecule has 1 aromatic rings. The lowest BCUT2D eigenvalue weighted by atomic mass is 10.2. The van der Waals surface area contributed by atoms with E-state index in [1.165, 1.54) is 16.3 Å². The Morgan fingerprint density at radius 3 is 3.17 bits per heavy atom. The number of nitrogens with zero attached hydrogens (tertiary/aromatic N) is 1. The molecule has 0 fully saturated rings. The lowest BCUT2D eigenvalue weighted by molar-refractivity contribution is 1.01. The van der Waals surface area contributed by atoms with Crippen molar-refractivity contribution >= 4 is 17.4 Å². The Labute approximate surface area is 76.8 Å². The van der Waals surface area contributed by atoms with E-state index in [0.29, 0.717) is 0 Å². The van der Waals surface area contributed by atoms with Crippen molar-refractivity contribution in [3.63, 3.8) is 0 Å². The molecule has 0 aromatic carbocycles. The van der Waals surface area contributed by atoms with Gasteiger partial charge in [-0.05, 0) is 25.5 Å². The number of pyridine rings is 1. The van der Waals surface area contributed by atoms with Gasteiger partial charge in [-0.3, -0.25) is 0 Å². The fourth-order valence-corrected chi connectivity index (χ4v) is 2.43. The van der Waals surface area contributed by atoms with Crippen LogP contribution >= 0.6 is 11.8 Å². The number of hydrogen-bond donors (Lipinski definition) is 1. The van der Waals surface area contributed by atoms with Crippen molar-refractivity contribution in [3.05, 3.63) is 17.3 Å². The van der Waals surface area contributed by atoms with Crippen molar-refractivity contribution in [2.24, 2.45) is 0 Å². The monoisotopic (exact) mass is 180 g/mol. The van der Waals surface area contributed by atoms with Crippen LogP contribution in [-0.2, 0) is 0 Å². The van der Waals surface area contributed by atoms with Gasteiger partial charge in [-0.25, -0.2) is 4.98 Å². The van der Waals surface area contributed by atoms with Crippen LogP contribution in [-0.4, -0.2) is 17.3 Å². The minimum Gasteiger partial charge on any atom is -0.382 e. The van der Waals surface area contributed by atoms with E-state index in [1.807, 2.05) is 18.7 Å². The van der Waals surface area contributed by atoms with Crippen LogP contribution in [0.4, 0.5) is 5.69 Å². The Kier molecular flexibility index (Phi) is 1.97. The molecule has 0 aliphatic carbocycles. The molecule has 2 nitrogen and oxygen atoms in total. The summed E-state index contributed by atoms with van der Waals surface area (Å²) in [5.74, 6) is 1.13. The highest BCUT2D eigenvalue weighted by Gasteiger charge is 2.12. The van der Waals surface area contributed by atoms with E-state index in [2.05, 4.69) is 23.3 Å². The largest absolute Gasteiger partial charge is 0.382 e. The topological polar surface area (TPSA) is 24.9 Å². The van der Waals surface area contributed by atoms with Crippen molar-refractivity contribution in [1.29, 1.82) is 0 Å². The van der Waals surface area contributed by atoms with Crippen molar-refractivity contribution < 1.29 is 0 Å². The summed E-state index contributed by atoms with van der Waals surface area (Å²) in [6, 6.07) is 2.12. The molecule has 1 aromatic heterocycles. The summed E-state index contributed by atoms with van der Waals surface area (Å²) in [6.07, 6.45) is 0. The van der Waals surface area contributed by atoms with Gasteiger partial charge in [-0.15, -0.1) is 11.8 Å². The zero-order chi connectivity index (χ0) is 8.55. The van der Waals surface area contributed by atoms with E-state index in [9.17, 15) is 0 Å². The molecule has 0 saturated carbocycles. The molecular weight excluding hydrogens is 168 g/mol. The van der Waals surface area contributed by atoms with Crippen LogP contribution in [0.25, 0.3) is 0 Å². The van der Waals surface area contributed by atoms with E-state index in [0.717, 1.165) is 18.0 Å². The molecule has 3 heteroatoms. The molecule has 12 heavy (non-hydrogen) atoms. The van der Waals surface area contributed by atoms with Gasteiger partial charge < -0.3 is 5.32 Å². The SMILES string of the molecule is Cc1cc(C)c2c(n1)SCCN2. The van der Waals surface area contributed by atoms with Gasteiger partial charge in [0.1, 0.15) is 5.03 Å². The van der Waals surface area contributed by atoms with Gasteiger partial charge in [0.2, 0.25) is 0 Å². The van der Waals surface area contributed by atoms with Gasteiger partial charge in [0.05, 0.1) is 5.69 Å². The molecule has 1 aliphatic rings. The molecule has 0 saturated heterocycles. The lowest BCUT2D eigenvalue weighted by Gasteiger charge is -2.18. The Morgan fingerprint density at radius 2 is 2.33 bits per heavy atom. The maximum atomic E-state index is 4.47. The van der Waals surface area contributed by atoms with Crippen LogP contribution in [0.3, 0.4) is 0 Å². The molecular formula is C9H12N2S. The van der Waals surface area contributed by atoms with Gasteiger partial charge >= 0.3 is 0 Å². The second kappa shape index (κ2) is 2.98. The smallest absolute Gasteiger partial charge is 0.120 e. The van der Waals surface area contributed by atoms with Gasteiger partial charge in [0.15, 0.2) is 0 Å². The van der Waals surface area contributed by atoms with Crippen molar-refractivity contribution in [3.8, 4) is 0 Å². The van der Waals surface area contributed by atoms with E-state index < -0.39 is 0 Å². The first-order chi connectivity index (χ1) is 5.77. The Morgan fingerprint density at radius 1 is 1.50 bits per heavy atom. The minimum absolute atomic E-state index is 1.06. The first-order valence-electron chi connectivity index (χ1n) is 4.12. The third kappa shape index (κ3) is 1.29. The van der Waals surface area contributed by atoms with Gasteiger partial charge in [-0.1, -0.05) is 0 Å². The predicted molar refractivity (Wildman–Crippen MR) is 52.9 cm³/mol. The second-order valence-electron chi connectivity index (χ2n) is 3.04. The molecule has 2 heterocycles. The third-order valence-corrected chi connectivity index (χ3v) is 2.93. The average molecular weight is 180 g/mol. The fourth-order valence-electron chi connectivity index (χ4n) is 1.45. The summed E-state index contributed by atoms with van der Waals surface area (Å²) in [5, 5.41) is 4.54. The maximum Gasteiger partial charge on any atom is 0.120 e. The quantitative estimate of drug-likeness (QED) is 0.662. The standard InChI is InChI=1S/C9H12N2S/c1-6-5-7(2)11-9-8(6)10-3-4-12-9/h5,10H,3-4H2,1-2H3. The molecule has 2 rings (SSSR count).